The maximum atomic E-state index is 10.6. The van der Waals surface area contributed by atoms with Crippen LogP contribution < -0.4 is 15.5 Å². The van der Waals surface area contributed by atoms with Gasteiger partial charge in [0.05, 0.1) is 11.0 Å². The van der Waals surface area contributed by atoms with E-state index in [2.05, 4.69) is 25.7 Å². The molecule has 1 aromatic carbocycles. The summed E-state index contributed by atoms with van der Waals surface area (Å²) in [6.07, 6.45) is 2.34. The van der Waals surface area contributed by atoms with E-state index in [1.54, 1.807) is 6.33 Å². The van der Waals surface area contributed by atoms with Gasteiger partial charge in [0.25, 0.3) is 0 Å². The van der Waals surface area contributed by atoms with E-state index in [0.717, 1.165) is 48.7 Å². The third-order valence-electron chi connectivity index (χ3n) is 3.85. The molecule has 3 aromatic rings. The number of aromatic nitrogens is 4. The largest absolute Gasteiger partial charge is 0.351 e. The molecule has 2 N–H and O–H groups in total. The molecule has 1 aliphatic heterocycles. The summed E-state index contributed by atoms with van der Waals surface area (Å²) in [6, 6.07) is 5.60. The molecule has 3 heterocycles. The summed E-state index contributed by atoms with van der Waals surface area (Å²) in [6.45, 7) is 3.65. The van der Waals surface area contributed by atoms with E-state index >= 15 is 0 Å². The highest BCUT2D eigenvalue weighted by Gasteiger charge is 2.18. The molecule has 0 bridgehead atoms. The Balaban J connectivity index is 1.92. The van der Waals surface area contributed by atoms with Gasteiger partial charge in [-0.1, -0.05) is 0 Å². The van der Waals surface area contributed by atoms with Crippen LogP contribution in [0.4, 0.5) is 11.5 Å². The van der Waals surface area contributed by atoms with Gasteiger partial charge in [-0.15, -0.1) is 10.2 Å². The molecular formula is C14H15N7O. The number of carbonyl (C=O) groups excluding carboxylic acids is 1. The molecule has 1 amide bonds. The maximum Gasteiger partial charge on any atom is 0.211 e. The van der Waals surface area contributed by atoms with E-state index in [4.69, 9.17) is 4.98 Å². The average molecular weight is 297 g/mol. The van der Waals surface area contributed by atoms with Crippen LogP contribution in [0.1, 0.15) is 0 Å². The average Bonchev–Trinajstić information content (AvgIpc) is 3.05. The van der Waals surface area contributed by atoms with Gasteiger partial charge in [-0.05, 0) is 18.2 Å². The number of benzene rings is 1. The van der Waals surface area contributed by atoms with Crippen LogP contribution in [0.25, 0.3) is 16.7 Å². The van der Waals surface area contributed by atoms with Gasteiger partial charge in [-0.3, -0.25) is 9.20 Å². The van der Waals surface area contributed by atoms with E-state index in [1.165, 1.54) is 0 Å². The molecule has 112 valence electrons. The van der Waals surface area contributed by atoms with Gasteiger partial charge in [0, 0.05) is 31.9 Å². The molecule has 0 saturated carbocycles. The van der Waals surface area contributed by atoms with Crippen LogP contribution >= 0.6 is 0 Å². The number of hydrogen-bond donors (Lipinski definition) is 2. The Bertz CT molecular complexity index is 838. The molecule has 2 aromatic heterocycles. The minimum atomic E-state index is 0.660. The topological polar surface area (TPSA) is 87.5 Å². The number of rotatable bonds is 3. The van der Waals surface area contributed by atoms with E-state index in [1.807, 2.05) is 22.6 Å². The predicted octanol–water partition coefficient (Wildman–Crippen LogP) is 0.255. The van der Waals surface area contributed by atoms with Crippen molar-refractivity contribution in [2.24, 2.45) is 0 Å². The molecule has 22 heavy (non-hydrogen) atoms. The number of piperazine rings is 1. The Labute approximate surface area is 126 Å². The molecule has 4 rings (SSSR count). The van der Waals surface area contributed by atoms with Gasteiger partial charge in [-0.25, -0.2) is 4.98 Å². The summed E-state index contributed by atoms with van der Waals surface area (Å²) in [4.78, 5) is 17.6. The van der Waals surface area contributed by atoms with Gasteiger partial charge >= 0.3 is 0 Å². The standard InChI is InChI=1S/C14H15N7O/c22-9-16-10-1-2-11-12(7-10)21-8-17-19-14(21)13(18-11)20-5-3-15-4-6-20/h1-2,7-9,15H,3-6H2,(H,16,22). The summed E-state index contributed by atoms with van der Waals surface area (Å²) < 4.78 is 1.91. The van der Waals surface area contributed by atoms with Crippen molar-refractivity contribution in [3.8, 4) is 0 Å². The summed E-state index contributed by atoms with van der Waals surface area (Å²) in [5.41, 5.74) is 3.16. The summed E-state index contributed by atoms with van der Waals surface area (Å²) in [5.74, 6) is 0.850. The number of anilines is 2. The summed E-state index contributed by atoms with van der Waals surface area (Å²) >= 11 is 0. The Kier molecular flexibility index (Phi) is 3.08. The zero-order valence-corrected chi connectivity index (χ0v) is 11.9. The Morgan fingerprint density at radius 2 is 2.14 bits per heavy atom. The second-order valence-electron chi connectivity index (χ2n) is 5.16. The molecule has 0 unspecified atom stereocenters. The lowest BCUT2D eigenvalue weighted by Crippen LogP contribution is -2.44. The van der Waals surface area contributed by atoms with Crippen molar-refractivity contribution >= 4 is 34.6 Å². The number of nitrogens with zero attached hydrogens (tertiary/aromatic N) is 5. The minimum Gasteiger partial charge on any atom is -0.351 e. The van der Waals surface area contributed by atoms with E-state index < -0.39 is 0 Å². The number of nitrogens with one attached hydrogen (secondary N) is 2. The first-order valence-corrected chi connectivity index (χ1v) is 7.16. The SMILES string of the molecule is O=CNc1ccc2nc(N3CCNCC3)c3nncn3c2c1. The van der Waals surface area contributed by atoms with Gasteiger partial charge in [-0.2, -0.15) is 0 Å². The molecule has 0 atom stereocenters. The molecule has 0 aliphatic carbocycles. The summed E-state index contributed by atoms with van der Waals surface area (Å²) in [5, 5.41) is 14.2. The Morgan fingerprint density at radius 1 is 1.27 bits per heavy atom. The van der Waals surface area contributed by atoms with Gasteiger partial charge in [0.2, 0.25) is 12.1 Å². The first kappa shape index (κ1) is 13.0. The molecule has 1 fully saturated rings. The van der Waals surface area contributed by atoms with E-state index in [0.29, 0.717) is 12.1 Å². The molecule has 0 spiro atoms. The highest BCUT2D eigenvalue weighted by molar-refractivity contribution is 5.87. The fourth-order valence-electron chi connectivity index (χ4n) is 2.79. The van der Waals surface area contributed by atoms with Crippen LogP contribution in [-0.2, 0) is 4.79 Å². The quantitative estimate of drug-likeness (QED) is 0.674. The molecule has 1 aliphatic rings. The fraction of sp³-hybridized carbons (Fsp3) is 0.286. The first-order valence-electron chi connectivity index (χ1n) is 7.16. The van der Waals surface area contributed by atoms with Crippen LogP contribution in [0.15, 0.2) is 24.5 Å². The van der Waals surface area contributed by atoms with Gasteiger partial charge < -0.3 is 15.5 Å². The smallest absolute Gasteiger partial charge is 0.211 e. The van der Waals surface area contributed by atoms with Crippen molar-refractivity contribution in [1.29, 1.82) is 0 Å². The number of carbonyl (C=O) groups is 1. The van der Waals surface area contributed by atoms with Crippen molar-refractivity contribution in [2.75, 3.05) is 36.4 Å². The van der Waals surface area contributed by atoms with Crippen LogP contribution in [-0.4, -0.2) is 52.2 Å². The third-order valence-corrected chi connectivity index (χ3v) is 3.85. The van der Waals surface area contributed by atoms with Gasteiger partial charge in [0.1, 0.15) is 6.33 Å². The predicted molar refractivity (Wildman–Crippen MR) is 83.1 cm³/mol. The zero-order chi connectivity index (χ0) is 14.9. The van der Waals surface area contributed by atoms with Crippen LogP contribution in [0.5, 0.6) is 0 Å². The van der Waals surface area contributed by atoms with Crippen molar-refractivity contribution in [3.05, 3.63) is 24.5 Å². The van der Waals surface area contributed by atoms with Crippen LogP contribution in [0, 0.1) is 0 Å². The van der Waals surface area contributed by atoms with Crippen molar-refractivity contribution in [3.63, 3.8) is 0 Å². The molecule has 8 nitrogen and oxygen atoms in total. The lowest BCUT2D eigenvalue weighted by Gasteiger charge is -2.28. The van der Waals surface area contributed by atoms with Crippen LogP contribution in [0.3, 0.4) is 0 Å². The molecule has 1 saturated heterocycles. The number of hydrogen-bond acceptors (Lipinski definition) is 6. The van der Waals surface area contributed by atoms with Crippen molar-refractivity contribution in [1.82, 2.24) is 24.9 Å². The lowest BCUT2D eigenvalue weighted by atomic mass is 10.2. The normalized spacial score (nSPS) is 15.4. The van der Waals surface area contributed by atoms with Crippen LogP contribution in [0.2, 0.25) is 0 Å². The monoisotopic (exact) mass is 297 g/mol. The second kappa shape index (κ2) is 5.23. The second-order valence-corrected chi connectivity index (χ2v) is 5.16. The maximum absolute atomic E-state index is 10.6. The number of fused-ring (bicyclic) bond motifs is 3. The lowest BCUT2D eigenvalue weighted by molar-refractivity contribution is -0.105. The van der Waals surface area contributed by atoms with E-state index in [9.17, 15) is 4.79 Å². The highest BCUT2D eigenvalue weighted by Crippen LogP contribution is 2.25. The highest BCUT2D eigenvalue weighted by atomic mass is 16.1. The Morgan fingerprint density at radius 3 is 2.95 bits per heavy atom. The minimum absolute atomic E-state index is 0.660. The van der Waals surface area contributed by atoms with Gasteiger partial charge in [0.15, 0.2) is 5.82 Å². The van der Waals surface area contributed by atoms with E-state index in [-0.39, 0.29) is 0 Å². The third kappa shape index (κ3) is 2.04. The first-order chi connectivity index (χ1) is 10.9. The summed E-state index contributed by atoms with van der Waals surface area (Å²) in [7, 11) is 0. The molecule has 8 heteroatoms. The Hall–Kier alpha value is -2.74. The molecule has 0 radical (unpaired) electrons. The fourth-order valence-corrected chi connectivity index (χ4v) is 2.79. The number of amides is 1. The zero-order valence-electron chi connectivity index (χ0n) is 11.9. The van der Waals surface area contributed by atoms with Crippen molar-refractivity contribution in [2.45, 2.75) is 0 Å². The van der Waals surface area contributed by atoms with Crippen molar-refractivity contribution < 1.29 is 4.79 Å². The molecular weight excluding hydrogens is 282 g/mol.